The van der Waals surface area contributed by atoms with Gasteiger partial charge in [-0.1, -0.05) is 18.5 Å². The highest BCUT2D eigenvalue weighted by Crippen LogP contribution is 2.25. The Morgan fingerprint density at radius 2 is 2.04 bits per heavy atom. The van der Waals surface area contributed by atoms with Crippen molar-refractivity contribution in [3.05, 3.63) is 16.5 Å². The molecule has 23 heavy (non-hydrogen) atoms. The molecule has 3 heterocycles. The third-order valence-electron chi connectivity index (χ3n) is 4.52. The van der Waals surface area contributed by atoms with E-state index < -0.39 is 0 Å². The zero-order valence-corrected chi connectivity index (χ0v) is 14.5. The van der Waals surface area contributed by atoms with Crippen molar-refractivity contribution in [2.24, 2.45) is 0 Å². The van der Waals surface area contributed by atoms with Gasteiger partial charge in [-0.15, -0.1) is 0 Å². The van der Waals surface area contributed by atoms with Crippen molar-refractivity contribution in [2.45, 2.75) is 39.2 Å². The molecule has 0 bridgehead atoms. The van der Waals surface area contributed by atoms with E-state index in [2.05, 4.69) is 14.9 Å². The van der Waals surface area contributed by atoms with Crippen LogP contribution in [0.2, 0.25) is 5.15 Å². The highest BCUT2D eigenvalue weighted by molar-refractivity contribution is 6.30. The first-order chi connectivity index (χ1) is 11.1. The number of halogens is 1. The van der Waals surface area contributed by atoms with Gasteiger partial charge in [-0.05, 0) is 19.8 Å². The van der Waals surface area contributed by atoms with E-state index in [1.807, 2.05) is 18.7 Å². The quantitative estimate of drug-likeness (QED) is 0.787. The maximum absolute atomic E-state index is 12.4. The lowest BCUT2D eigenvalue weighted by molar-refractivity contribution is -0.141. The average Bonchev–Trinajstić information content (AvgIpc) is 3.11. The van der Waals surface area contributed by atoms with Crippen molar-refractivity contribution in [1.82, 2.24) is 14.9 Å². The Labute approximate surface area is 141 Å². The molecule has 0 radical (unpaired) electrons. The van der Waals surface area contributed by atoms with E-state index in [1.165, 1.54) is 0 Å². The second-order valence-corrected chi connectivity index (χ2v) is 6.40. The average molecular weight is 339 g/mol. The number of hydrogen-bond donors (Lipinski definition) is 0. The number of nitrogens with zero attached hydrogens (tertiary/aromatic N) is 4. The number of amides is 1. The van der Waals surface area contributed by atoms with Crippen LogP contribution in [-0.4, -0.2) is 59.7 Å². The molecule has 0 saturated carbocycles. The first-order valence-corrected chi connectivity index (χ1v) is 8.66. The third kappa shape index (κ3) is 3.43. The zero-order valence-electron chi connectivity index (χ0n) is 13.7. The van der Waals surface area contributed by atoms with Crippen molar-refractivity contribution in [3.63, 3.8) is 0 Å². The fraction of sp³-hybridized carbons (Fsp3) is 0.688. The molecule has 0 N–H and O–H groups in total. The second-order valence-electron chi connectivity index (χ2n) is 6.05. The topological polar surface area (TPSA) is 58.6 Å². The van der Waals surface area contributed by atoms with Gasteiger partial charge in [-0.3, -0.25) is 4.79 Å². The van der Waals surface area contributed by atoms with Gasteiger partial charge in [-0.25, -0.2) is 9.97 Å². The second kappa shape index (κ2) is 7.01. The molecular formula is C16H23ClN4O2. The first kappa shape index (κ1) is 16.5. The summed E-state index contributed by atoms with van der Waals surface area (Å²) in [6.07, 6.45) is 2.35. The van der Waals surface area contributed by atoms with Crippen LogP contribution >= 0.6 is 11.6 Å². The molecule has 6 nitrogen and oxygen atoms in total. The highest BCUT2D eigenvalue weighted by Gasteiger charge is 2.31. The third-order valence-corrected chi connectivity index (χ3v) is 4.89. The Kier molecular flexibility index (Phi) is 5.02. The molecule has 2 saturated heterocycles. The molecule has 3 rings (SSSR count). The van der Waals surface area contributed by atoms with E-state index in [4.69, 9.17) is 16.3 Å². The number of piperazine rings is 1. The fourth-order valence-electron chi connectivity index (χ4n) is 3.10. The van der Waals surface area contributed by atoms with Crippen LogP contribution in [0.5, 0.6) is 0 Å². The Morgan fingerprint density at radius 3 is 2.65 bits per heavy atom. The van der Waals surface area contributed by atoms with Gasteiger partial charge in [0.1, 0.15) is 22.9 Å². The van der Waals surface area contributed by atoms with Crippen LogP contribution in [0.1, 0.15) is 31.2 Å². The standard InChI is InChI=1S/C16H23ClN4O2/c1-3-13-18-14(17)11(2)15(19-13)20-6-8-21(9-7-20)16(22)12-5-4-10-23-12/h12H,3-10H2,1-2H3/t12-/m0/s1. The normalized spacial score (nSPS) is 21.8. The van der Waals surface area contributed by atoms with Crippen LogP contribution in [0, 0.1) is 6.92 Å². The molecule has 0 spiro atoms. The Balaban J connectivity index is 1.67. The summed E-state index contributed by atoms with van der Waals surface area (Å²) < 4.78 is 5.50. The van der Waals surface area contributed by atoms with E-state index in [1.54, 1.807) is 0 Å². The number of aryl methyl sites for hydroxylation is 1. The van der Waals surface area contributed by atoms with Crippen LogP contribution in [0.4, 0.5) is 5.82 Å². The lowest BCUT2D eigenvalue weighted by Gasteiger charge is -2.37. The van der Waals surface area contributed by atoms with Crippen molar-refractivity contribution in [1.29, 1.82) is 0 Å². The van der Waals surface area contributed by atoms with Gasteiger partial charge < -0.3 is 14.5 Å². The minimum atomic E-state index is -0.233. The van der Waals surface area contributed by atoms with Crippen molar-refractivity contribution >= 4 is 23.3 Å². The summed E-state index contributed by atoms with van der Waals surface area (Å²) in [6.45, 7) is 7.58. The molecule has 1 atom stereocenters. The largest absolute Gasteiger partial charge is 0.368 e. The Hall–Kier alpha value is -1.40. The van der Waals surface area contributed by atoms with Crippen molar-refractivity contribution in [3.8, 4) is 0 Å². The minimum Gasteiger partial charge on any atom is -0.368 e. The van der Waals surface area contributed by atoms with Gasteiger partial charge >= 0.3 is 0 Å². The minimum absolute atomic E-state index is 0.133. The summed E-state index contributed by atoms with van der Waals surface area (Å²) in [4.78, 5) is 25.4. The van der Waals surface area contributed by atoms with Crippen LogP contribution in [0.15, 0.2) is 0 Å². The summed E-state index contributed by atoms with van der Waals surface area (Å²) >= 11 is 6.22. The molecule has 0 aromatic carbocycles. The molecule has 0 aliphatic carbocycles. The summed E-state index contributed by atoms with van der Waals surface area (Å²) in [6, 6.07) is 0. The van der Waals surface area contributed by atoms with Crippen molar-refractivity contribution < 1.29 is 9.53 Å². The lowest BCUT2D eigenvalue weighted by atomic mass is 10.2. The highest BCUT2D eigenvalue weighted by atomic mass is 35.5. The summed E-state index contributed by atoms with van der Waals surface area (Å²) in [5, 5.41) is 0.518. The van der Waals surface area contributed by atoms with Crippen molar-refractivity contribution in [2.75, 3.05) is 37.7 Å². The van der Waals surface area contributed by atoms with E-state index in [9.17, 15) is 4.79 Å². The number of ether oxygens (including phenoxy) is 1. The van der Waals surface area contributed by atoms with Gasteiger partial charge in [0, 0.05) is 44.8 Å². The number of anilines is 1. The van der Waals surface area contributed by atoms with E-state index >= 15 is 0 Å². The summed E-state index contributed by atoms with van der Waals surface area (Å²) in [5.41, 5.74) is 0.905. The van der Waals surface area contributed by atoms with Crippen LogP contribution in [-0.2, 0) is 16.0 Å². The van der Waals surface area contributed by atoms with Gasteiger partial charge in [-0.2, -0.15) is 0 Å². The predicted octanol–water partition coefficient (Wildman–Crippen LogP) is 1.83. The Bertz CT molecular complexity index is 582. The number of hydrogen-bond acceptors (Lipinski definition) is 5. The smallest absolute Gasteiger partial charge is 0.251 e. The molecule has 7 heteroatoms. The van der Waals surface area contributed by atoms with E-state index in [0.29, 0.717) is 24.8 Å². The predicted molar refractivity (Wildman–Crippen MR) is 88.9 cm³/mol. The lowest BCUT2D eigenvalue weighted by Crippen LogP contribution is -2.51. The number of carbonyl (C=O) groups is 1. The molecule has 126 valence electrons. The van der Waals surface area contributed by atoms with Gasteiger partial charge in [0.25, 0.3) is 5.91 Å². The maximum atomic E-state index is 12.4. The SMILES string of the molecule is CCc1nc(Cl)c(C)c(N2CCN(C(=O)[C@@H]3CCCO3)CC2)n1. The van der Waals surface area contributed by atoms with Gasteiger partial charge in [0.2, 0.25) is 0 Å². The van der Waals surface area contributed by atoms with E-state index in [-0.39, 0.29) is 12.0 Å². The molecule has 1 aromatic rings. The number of aromatic nitrogens is 2. The zero-order chi connectivity index (χ0) is 16.4. The molecular weight excluding hydrogens is 316 g/mol. The van der Waals surface area contributed by atoms with E-state index in [0.717, 1.165) is 49.6 Å². The number of carbonyl (C=O) groups excluding carboxylic acids is 1. The molecule has 0 unspecified atom stereocenters. The Morgan fingerprint density at radius 1 is 1.30 bits per heavy atom. The van der Waals surface area contributed by atoms with Crippen LogP contribution < -0.4 is 4.90 Å². The van der Waals surface area contributed by atoms with Crippen LogP contribution in [0.3, 0.4) is 0 Å². The van der Waals surface area contributed by atoms with Gasteiger partial charge in [0.15, 0.2) is 0 Å². The monoisotopic (exact) mass is 338 g/mol. The summed E-state index contributed by atoms with van der Waals surface area (Å²) in [5.74, 6) is 1.79. The molecule has 2 aliphatic heterocycles. The molecule has 2 aliphatic rings. The molecule has 1 amide bonds. The summed E-state index contributed by atoms with van der Waals surface area (Å²) in [7, 11) is 0. The van der Waals surface area contributed by atoms with Gasteiger partial charge in [0.05, 0.1) is 0 Å². The fourth-order valence-corrected chi connectivity index (χ4v) is 3.28. The number of rotatable bonds is 3. The first-order valence-electron chi connectivity index (χ1n) is 8.28. The van der Waals surface area contributed by atoms with Crippen LogP contribution in [0.25, 0.3) is 0 Å². The maximum Gasteiger partial charge on any atom is 0.251 e. The molecule has 2 fully saturated rings. The molecule has 1 aromatic heterocycles.